The van der Waals surface area contributed by atoms with Crippen LogP contribution >= 0.6 is 8.38 Å². The Hall–Kier alpha value is -1.57. The maximum Gasteiger partial charge on any atom is 0.229 e. The highest BCUT2D eigenvalue weighted by Gasteiger charge is 2.44. The van der Waals surface area contributed by atoms with Crippen molar-refractivity contribution in [3.05, 3.63) is 53.6 Å². The summed E-state index contributed by atoms with van der Waals surface area (Å²) in [5.41, 5.74) is 4.68. The molecule has 8 heteroatoms. The summed E-state index contributed by atoms with van der Waals surface area (Å²) in [4.78, 5) is 18.2. The molecule has 0 radical (unpaired) electrons. The van der Waals surface area contributed by atoms with Gasteiger partial charge in [0.15, 0.2) is 8.38 Å². The Labute approximate surface area is 163 Å². The van der Waals surface area contributed by atoms with Crippen LogP contribution in [0.4, 0.5) is 0 Å². The van der Waals surface area contributed by atoms with Crippen LogP contribution in [0.1, 0.15) is 17.5 Å². The zero-order chi connectivity index (χ0) is 19.8. The third kappa shape index (κ3) is 3.80. The average Bonchev–Trinajstić information content (AvgIpc) is 3.05. The first-order valence-corrected chi connectivity index (χ1v) is 10.6. The van der Waals surface area contributed by atoms with Crippen molar-refractivity contribution >= 4 is 8.38 Å². The first kappa shape index (κ1) is 19.7. The smallest absolute Gasteiger partial charge is 0.229 e. The summed E-state index contributed by atoms with van der Waals surface area (Å²) in [5, 5.41) is 30.5. The first-order valence-electron chi connectivity index (χ1n) is 9.17. The lowest BCUT2D eigenvalue weighted by molar-refractivity contribution is -0.272. The predicted octanol–water partition coefficient (Wildman–Crippen LogP) is 1.13. The van der Waals surface area contributed by atoms with Crippen LogP contribution in [0.25, 0.3) is 11.1 Å². The SMILES string of the molecule is OC1C(O)[C@H](O)C(CCP(O)O)O[C@@H]1Oc1ccc2c(c1)Cc1ccccc1-2. The number of aliphatic hydroxyl groups is 3. The van der Waals surface area contributed by atoms with Gasteiger partial charge < -0.3 is 34.6 Å². The number of hydrogen-bond acceptors (Lipinski definition) is 7. The lowest BCUT2D eigenvalue weighted by Crippen LogP contribution is -2.59. The van der Waals surface area contributed by atoms with Gasteiger partial charge in [-0.3, -0.25) is 0 Å². The molecule has 5 N–H and O–H groups in total. The van der Waals surface area contributed by atoms with Gasteiger partial charge in [0.1, 0.15) is 24.1 Å². The van der Waals surface area contributed by atoms with Crippen LogP contribution in [0.3, 0.4) is 0 Å². The molecule has 0 amide bonds. The molecule has 2 aliphatic rings. The fraction of sp³-hybridized carbons (Fsp3) is 0.400. The van der Waals surface area contributed by atoms with Gasteiger partial charge in [-0.1, -0.05) is 30.3 Å². The highest BCUT2D eigenvalue weighted by molar-refractivity contribution is 7.45. The number of hydrogen-bond donors (Lipinski definition) is 5. The van der Waals surface area contributed by atoms with Gasteiger partial charge in [-0.2, -0.15) is 0 Å². The maximum absolute atomic E-state index is 10.2. The molecule has 4 rings (SSSR count). The summed E-state index contributed by atoms with van der Waals surface area (Å²) in [5.74, 6) is 0.490. The molecule has 0 bridgehead atoms. The topological polar surface area (TPSA) is 120 Å². The Morgan fingerprint density at radius 3 is 2.46 bits per heavy atom. The highest BCUT2D eigenvalue weighted by Crippen LogP contribution is 2.38. The second-order valence-corrected chi connectivity index (χ2v) is 8.36. The number of rotatable bonds is 5. The van der Waals surface area contributed by atoms with Gasteiger partial charge >= 0.3 is 0 Å². The molecule has 28 heavy (non-hydrogen) atoms. The van der Waals surface area contributed by atoms with Crippen LogP contribution in [0, 0.1) is 0 Å². The monoisotopic (exact) mass is 406 g/mol. The first-order chi connectivity index (χ1) is 13.4. The van der Waals surface area contributed by atoms with E-state index >= 15 is 0 Å². The molecule has 1 fully saturated rings. The standard InChI is InChI=1S/C20H23O7P/c21-17-16(7-8-28(24)25)27-20(19(23)18(17)22)26-13-5-6-15-12(10-13)9-11-3-1-2-4-14(11)15/h1-6,10,16-25H,7-9H2/t16?,17-,18?,19?,20+/m1/s1. The maximum atomic E-state index is 10.2. The van der Waals surface area contributed by atoms with Crippen molar-refractivity contribution in [2.24, 2.45) is 0 Å². The van der Waals surface area contributed by atoms with Crippen LogP contribution in [0.15, 0.2) is 42.5 Å². The summed E-state index contributed by atoms with van der Waals surface area (Å²) >= 11 is 0. The fourth-order valence-corrected chi connectivity index (χ4v) is 4.31. The third-order valence-electron chi connectivity index (χ3n) is 5.30. The number of benzene rings is 2. The van der Waals surface area contributed by atoms with Gasteiger partial charge in [-0.15, -0.1) is 0 Å². The molecule has 1 aliphatic heterocycles. The van der Waals surface area contributed by atoms with E-state index in [4.69, 9.17) is 19.3 Å². The van der Waals surface area contributed by atoms with E-state index in [1.165, 1.54) is 11.1 Å². The molecule has 2 aromatic rings. The summed E-state index contributed by atoms with van der Waals surface area (Å²) in [6, 6.07) is 13.8. The summed E-state index contributed by atoms with van der Waals surface area (Å²) in [6.45, 7) is 0. The van der Waals surface area contributed by atoms with Gasteiger partial charge in [0.25, 0.3) is 0 Å². The van der Waals surface area contributed by atoms with Gasteiger partial charge in [0.05, 0.1) is 6.10 Å². The molecular weight excluding hydrogens is 383 g/mol. The van der Waals surface area contributed by atoms with Crippen molar-refractivity contribution in [3.8, 4) is 16.9 Å². The molecule has 0 spiro atoms. The van der Waals surface area contributed by atoms with Crippen molar-refractivity contribution in [2.45, 2.75) is 43.5 Å². The van der Waals surface area contributed by atoms with Gasteiger partial charge in [-0.25, -0.2) is 0 Å². The molecule has 0 saturated carbocycles. The number of aliphatic hydroxyl groups excluding tert-OH is 3. The molecule has 3 unspecified atom stereocenters. The van der Waals surface area contributed by atoms with Crippen molar-refractivity contribution in [1.29, 1.82) is 0 Å². The van der Waals surface area contributed by atoms with Crippen molar-refractivity contribution in [2.75, 3.05) is 6.16 Å². The predicted molar refractivity (Wildman–Crippen MR) is 103 cm³/mol. The number of fused-ring (bicyclic) bond motifs is 3. The Kier molecular flexibility index (Phi) is 5.67. The molecule has 7 nitrogen and oxygen atoms in total. The van der Waals surface area contributed by atoms with E-state index < -0.39 is 39.1 Å². The van der Waals surface area contributed by atoms with E-state index in [0.29, 0.717) is 5.75 Å². The molecule has 0 aromatic heterocycles. The lowest BCUT2D eigenvalue weighted by atomic mass is 9.97. The van der Waals surface area contributed by atoms with Gasteiger partial charge in [0.2, 0.25) is 6.29 Å². The quantitative estimate of drug-likeness (QED) is 0.403. The minimum Gasteiger partial charge on any atom is -0.462 e. The van der Waals surface area contributed by atoms with Crippen molar-refractivity contribution in [1.82, 2.24) is 0 Å². The third-order valence-corrected chi connectivity index (χ3v) is 5.96. The van der Waals surface area contributed by atoms with Crippen LogP contribution in [-0.2, 0) is 11.2 Å². The van der Waals surface area contributed by atoms with E-state index in [0.717, 1.165) is 17.5 Å². The summed E-state index contributed by atoms with van der Waals surface area (Å²) in [7, 11) is -2.13. The van der Waals surface area contributed by atoms with Crippen LogP contribution in [0.5, 0.6) is 5.75 Å². The zero-order valence-corrected chi connectivity index (χ0v) is 15.9. The largest absolute Gasteiger partial charge is 0.462 e. The molecule has 5 atom stereocenters. The Balaban J connectivity index is 1.49. The Bertz CT molecular complexity index is 843. The minimum absolute atomic E-state index is 0.0314. The molecule has 1 aliphatic carbocycles. The molecule has 150 valence electrons. The van der Waals surface area contributed by atoms with E-state index in [1.807, 2.05) is 24.3 Å². The molecular formula is C20H23O7P. The van der Waals surface area contributed by atoms with Gasteiger partial charge in [0, 0.05) is 6.16 Å². The number of ether oxygens (including phenoxy) is 2. The van der Waals surface area contributed by atoms with E-state index in [1.54, 1.807) is 6.07 Å². The summed E-state index contributed by atoms with van der Waals surface area (Å²) in [6.07, 6.45) is -5.31. The average molecular weight is 406 g/mol. The second kappa shape index (κ2) is 8.05. The van der Waals surface area contributed by atoms with Crippen LogP contribution < -0.4 is 4.74 Å². The van der Waals surface area contributed by atoms with E-state index in [9.17, 15) is 15.3 Å². The van der Waals surface area contributed by atoms with Crippen LogP contribution in [-0.4, -0.2) is 62.0 Å². The normalized spacial score (nSPS) is 28.9. The lowest BCUT2D eigenvalue weighted by Gasteiger charge is -2.40. The highest BCUT2D eigenvalue weighted by atomic mass is 31.2. The molecule has 2 aromatic carbocycles. The zero-order valence-electron chi connectivity index (χ0n) is 15.0. The fourth-order valence-electron chi connectivity index (χ4n) is 3.82. The molecule has 1 heterocycles. The van der Waals surface area contributed by atoms with Crippen LogP contribution in [0.2, 0.25) is 0 Å². The van der Waals surface area contributed by atoms with E-state index in [2.05, 4.69) is 12.1 Å². The van der Waals surface area contributed by atoms with Crippen molar-refractivity contribution in [3.63, 3.8) is 0 Å². The Morgan fingerprint density at radius 1 is 0.929 bits per heavy atom. The summed E-state index contributed by atoms with van der Waals surface area (Å²) < 4.78 is 11.4. The Morgan fingerprint density at radius 2 is 1.68 bits per heavy atom. The second-order valence-electron chi connectivity index (χ2n) is 7.17. The molecule has 1 saturated heterocycles. The van der Waals surface area contributed by atoms with E-state index in [-0.39, 0.29) is 12.6 Å². The minimum atomic E-state index is -2.13. The van der Waals surface area contributed by atoms with Crippen molar-refractivity contribution < 1.29 is 34.6 Å². The van der Waals surface area contributed by atoms with Gasteiger partial charge in [-0.05, 0) is 47.2 Å².